The number of aldehydes is 1. The van der Waals surface area contributed by atoms with Crippen molar-refractivity contribution >= 4 is 39.6 Å². The summed E-state index contributed by atoms with van der Waals surface area (Å²) in [5, 5.41) is 10.9. The van der Waals surface area contributed by atoms with Gasteiger partial charge in [-0.15, -0.1) is 0 Å². The molecular weight excluding hydrogens is 811 g/mol. The van der Waals surface area contributed by atoms with Gasteiger partial charge in [0, 0.05) is 76.6 Å². The molecule has 0 spiro atoms. The average molecular weight is 864 g/mol. The van der Waals surface area contributed by atoms with Crippen LogP contribution in [0.1, 0.15) is 51.5 Å². The maximum atomic E-state index is 14.3. The number of carbonyl (C=O) groups is 3. The molecule has 0 aliphatic carbocycles. The van der Waals surface area contributed by atoms with E-state index in [2.05, 4.69) is 63.1 Å². The Balaban J connectivity index is 1.03. The van der Waals surface area contributed by atoms with E-state index in [1.807, 2.05) is 78.9 Å². The topological polar surface area (TPSA) is 131 Å². The second-order valence-corrected chi connectivity index (χ2v) is 17.5. The van der Waals surface area contributed by atoms with Gasteiger partial charge in [0.25, 0.3) is 15.9 Å². The normalized spacial score (nSPS) is 13.6. The van der Waals surface area contributed by atoms with Crippen molar-refractivity contribution in [3.8, 4) is 11.1 Å². The molecule has 6 aromatic rings. The zero-order valence-electron chi connectivity index (χ0n) is 35.6. The molecule has 1 aliphatic heterocycles. The summed E-state index contributed by atoms with van der Waals surface area (Å²) in [6.45, 7) is 4.16. The van der Waals surface area contributed by atoms with E-state index in [1.165, 1.54) is 39.8 Å². The number of hydrogen-bond donors (Lipinski definition) is 2. The van der Waals surface area contributed by atoms with Crippen LogP contribution in [0.15, 0.2) is 163 Å². The van der Waals surface area contributed by atoms with Gasteiger partial charge < -0.3 is 19.7 Å². The van der Waals surface area contributed by atoms with E-state index in [4.69, 9.17) is 0 Å². The van der Waals surface area contributed by atoms with E-state index in [1.54, 1.807) is 31.1 Å². The van der Waals surface area contributed by atoms with Crippen LogP contribution in [0.2, 0.25) is 0 Å². The Morgan fingerprint density at radius 2 is 1.32 bits per heavy atom. The van der Waals surface area contributed by atoms with Crippen molar-refractivity contribution in [1.29, 1.82) is 0 Å². The minimum atomic E-state index is -4.40. The van der Waals surface area contributed by atoms with Crippen molar-refractivity contribution in [3.63, 3.8) is 0 Å². The van der Waals surface area contributed by atoms with E-state index in [9.17, 15) is 27.9 Å². The van der Waals surface area contributed by atoms with Gasteiger partial charge in [0.2, 0.25) is 0 Å². The van der Waals surface area contributed by atoms with Gasteiger partial charge in [-0.1, -0.05) is 115 Å². The van der Waals surface area contributed by atoms with Crippen molar-refractivity contribution in [2.75, 3.05) is 50.1 Å². The summed E-state index contributed by atoms with van der Waals surface area (Å²) in [7, 11) is -1.10. The van der Waals surface area contributed by atoms with E-state index < -0.39 is 28.1 Å². The summed E-state index contributed by atoms with van der Waals surface area (Å²) in [5.74, 6) is -0.790. The predicted molar refractivity (Wildman–Crippen MR) is 248 cm³/mol. The largest absolute Gasteiger partial charge is 0.393 e. The monoisotopic (exact) mass is 863 g/mol. The Labute approximate surface area is 370 Å². The van der Waals surface area contributed by atoms with Crippen LogP contribution in [0.3, 0.4) is 0 Å². The Hall–Kier alpha value is -6.60. The smallest absolute Gasteiger partial charge is 0.324 e. The number of anilines is 2. The number of amides is 3. The number of carbonyl (C=O) groups excluding carboxylic acids is 3. The molecule has 0 saturated carbocycles. The summed E-state index contributed by atoms with van der Waals surface area (Å²) in [6.07, 6.45) is -0.0784. The predicted octanol–water partition coefficient (Wildman–Crippen LogP) is 7.95. The fraction of sp³-hybridized carbons (Fsp3) is 0.235. The number of piperazine rings is 1. The fourth-order valence-corrected chi connectivity index (χ4v) is 9.25. The van der Waals surface area contributed by atoms with E-state index in [-0.39, 0.29) is 35.8 Å². The second kappa shape index (κ2) is 20.5. The molecule has 1 unspecified atom stereocenters. The number of sulfonamides is 1. The van der Waals surface area contributed by atoms with Crippen LogP contribution in [0, 0.1) is 0 Å². The van der Waals surface area contributed by atoms with Crippen LogP contribution in [0.25, 0.3) is 11.1 Å². The molecule has 2 N–H and O–H groups in total. The highest BCUT2D eigenvalue weighted by Gasteiger charge is 2.29. The maximum Gasteiger partial charge on any atom is 0.324 e. The molecule has 1 heterocycles. The van der Waals surface area contributed by atoms with Crippen LogP contribution >= 0.6 is 0 Å². The summed E-state index contributed by atoms with van der Waals surface area (Å²) in [4.78, 5) is 46.3. The second-order valence-electron chi connectivity index (χ2n) is 15.8. The molecule has 63 heavy (non-hydrogen) atoms. The molecule has 1 atom stereocenters. The molecule has 12 heteroatoms. The first kappa shape index (κ1) is 44.5. The molecule has 7 rings (SSSR count). The first-order valence-corrected chi connectivity index (χ1v) is 22.6. The number of nitrogens with one attached hydrogen (secondary N) is 1. The van der Waals surface area contributed by atoms with E-state index >= 15 is 0 Å². The van der Waals surface area contributed by atoms with Crippen LogP contribution in [0.4, 0.5) is 16.2 Å². The zero-order chi connectivity index (χ0) is 44.3. The quantitative estimate of drug-likeness (QED) is 0.0939. The zero-order valence-corrected chi connectivity index (χ0v) is 36.4. The van der Waals surface area contributed by atoms with Gasteiger partial charge in [-0.25, -0.2) is 17.9 Å². The lowest BCUT2D eigenvalue weighted by atomic mass is 9.97. The highest BCUT2D eigenvalue weighted by Crippen LogP contribution is 2.32. The molecule has 1 fully saturated rings. The van der Waals surface area contributed by atoms with Gasteiger partial charge in [-0.3, -0.25) is 14.6 Å². The van der Waals surface area contributed by atoms with Crippen molar-refractivity contribution in [1.82, 2.24) is 14.5 Å². The summed E-state index contributed by atoms with van der Waals surface area (Å²) in [5.41, 5.74) is 7.37. The Kier molecular flexibility index (Phi) is 14.5. The molecule has 0 radical (unpaired) electrons. The third kappa shape index (κ3) is 10.9. The van der Waals surface area contributed by atoms with Crippen molar-refractivity contribution in [2.24, 2.45) is 0 Å². The molecular formula is C51H53N5O6S. The van der Waals surface area contributed by atoms with Gasteiger partial charge in [0.05, 0.1) is 17.0 Å². The molecule has 0 aromatic heterocycles. The van der Waals surface area contributed by atoms with Crippen LogP contribution in [0.5, 0.6) is 0 Å². The Morgan fingerprint density at radius 3 is 1.94 bits per heavy atom. The van der Waals surface area contributed by atoms with E-state index in [0.29, 0.717) is 17.5 Å². The van der Waals surface area contributed by atoms with Gasteiger partial charge in [0.1, 0.15) is 6.29 Å². The minimum absolute atomic E-state index is 0.0423. The highest BCUT2D eigenvalue weighted by molar-refractivity contribution is 7.90. The Morgan fingerprint density at radius 1 is 0.730 bits per heavy atom. The molecule has 6 aromatic carbocycles. The van der Waals surface area contributed by atoms with E-state index in [0.717, 1.165) is 49.5 Å². The molecule has 11 nitrogen and oxygen atoms in total. The fourth-order valence-electron chi connectivity index (χ4n) is 8.22. The summed E-state index contributed by atoms with van der Waals surface area (Å²) in [6, 6.07) is 48.5. The average Bonchev–Trinajstić information content (AvgIpc) is 3.31. The third-order valence-electron chi connectivity index (χ3n) is 11.6. The number of aliphatic hydroxyl groups excluding tert-OH is 1. The van der Waals surface area contributed by atoms with Gasteiger partial charge in [-0.05, 0) is 82.3 Å². The number of nitrogens with zero attached hydrogens (tertiary/aromatic N) is 4. The van der Waals surface area contributed by atoms with Crippen molar-refractivity contribution < 1.29 is 27.9 Å². The lowest BCUT2D eigenvalue weighted by Crippen LogP contribution is -2.46. The minimum Gasteiger partial charge on any atom is -0.393 e. The third-order valence-corrected chi connectivity index (χ3v) is 12.9. The van der Waals surface area contributed by atoms with Crippen LogP contribution in [-0.2, 0) is 27.8 Å². The molecule has 3 amide bonds. The first-order chi connectivity index (χ1) is 30.5. The van der Waals surface area contributed by atoms with Crippen molar-refractivity contribution in [2.45, 2.75) is 42.8 Å². The summed E-state index contributed by atoms with van der Waals surface area (Å²) >= 11 is 0. The van der Waals surface area contributed by atoms with Gasteiger partial charge >= 0.3 is 6.03 Å². The Bertz CT molecular complexity index is 2550. The number of benzene rings is 6. The van der Waals surface area contributed by atoms with Crippen molar-refractivity contribution in [3.05, 3.63) is 186 Å². The SMILES string of the molecule is CN(C(=O)N(C)C(c1ccccc1)c1ccccc1)c1ccc(S(=O)(=O)NC(=O)c2ccc(N3CCN(Cc4ccccc4-c4ccccc4)CC3)cc2)cc1CC(O)CCC=O. The highest BCUT2D eigenvalue weighted by atomic mass is 32.2. The van der Waals surface area contributed by atoms with Crippen LogP contribution < -0.4 is 14.5 Å². The van der Waals surface area contributed by atoms with Crippen LogP contribution in [-0.4, -0.2) is 87.9 Å². The first-order valence-electron chi connectivity index (χ1n) is 21.1. The number of rotatable bonds is 16. The molecule has 0 bridgehead atoms. The summed E-state index contributed by atoms with van der Waals surface area (Å²) < 4.78 is 29.8. The van der Waals surface area contributed by atoms with Gasteiger partial charge in [0.15, 0.2) is 0 Å². The lowest BCUT2D eigenvalue weighted by molar-refractivity contribution is -0.108. The maximum absolute atomic E-state index is 14.3. The van der Waals surface area contributed by atoms with Gasteiger partial charge in [-0.2, -0.15) is 0 Å². The lowest BCUT2D eigenvalue weighted by Gasteiger charge is -2.36. The number of hydrogen-bond acceptors (Lipinski definition) is 8. The molecule has 324 valence electrons. The standard InChI is InChI=1S/C51H53N5O6S/c1-53(51(60)54(2)49(39-17-8-4-9-18-39)40-19-10-5-11-20-40)48-29-28-46(36-43(48)35-45(58)22-14-34-57)63(61,62)52-50(59)41-24-26-44(27-25-41)56-32-30-55(31-33-56)37-42-21-12-13-23-47(42)38-15-6-3-7-16-38/h3-13,15-21,23-29,34,36,45,49,58H,14,22,30-33,35,37H2,1-2H3,(H,52,59). The molecule has 1 aliphatic rings. The number of urea groups is 1. The molecule has 1 saturated heterocycles. The number of aliphatic hydroxyl groups is 1.